The van der Waals surface area contributed by atoms with Gasteiger partial charge in [-0.2, -0.15) is 0 Å². The highest BCUT2D eigenvalue weighted by molar-refractivity contribution is 5.67. The van der Waals surface area contributed by atoms with Crippen LogP contribution in [0.5, 0.6) is 0 Å². The van der Waals surface area contributed by atoms with E-state index in [0.29, 0.717) is 99.0 Å². The Hall–Kier alpha value is -1.01. The first kappa shape index (κ1) is 30.0. The van der Waals surface area contributed by atoms with Crippen LogP contribution in [0.1, 0.15) is 27.7 Å². The van der Waals surface area contributed by atoms with Crippen LogP contribution in [0.2, 0.25) is 0 Å². The second-order valence-electron chi connectivity index (χ2n) is 7.30. The van der Waals surface area contributed by atoms with E-state index in [0.717, 1.165) is 0 Å². The monoisotopic (exact) mass is 453 g/mol. The summed E-state index contributed by atoms with van der Waals surface area (Å²) in [6.45, 7) is 15.2. The molecule has 0 aromatic rings. The molecule has 0 spiro atoms. The van der Waals surface area contributed by atoms with Crippen LogP contribution in [0.15, 0.2) is 0 Å². The predicted molar refractivity (Wildman–Crippen MR) is 116 cm³/mol. The van der Waals surface area contributed by atoms with Gasteiger partial charge in [-0.25, -0.2) is 4.79 Å². The second-order valence-corrected chi connectivity index (χ2v) is 7.30. The van der Waals surface area contributed by atoms with Crippen molar-refractivity contribution in [2.45, 2.75) is 33.3 Å². The maximum atomic E-state index is 11.4. The lowest BCUT2D eigenvalue weighted by atomic mass is 10.2. The third kappa shape index (κ3) is 27.0. The van der Waals surface area contributed by atoms with E-state index in [9.17, 15) is 4.79 Å². The van der Waals surface area contributed by atoms with Crippen LogP contribution in [0.25, 0.3) is 0 Å². The summed E-state index contributed by atoms with van der Waals surface area (Å²) in [6, 6.07) is 0. The van der Waals surface area contributed by atoms with Gasteiger partial charge in [0.1, 0.15) is 5.60 Å². The van der Waals surface area contributed by atoms with E-state index in [1.807, 2.05) is 27.7 Å². The van der Waals surface area contributed by atoms with Gasteiger partial charge in [0.05, 0.1) is 85.9 Å². The van der Waals surface area contributed by atoms with Crippen LogP contribution >= 0.6 is 0 Å². The molecule has 10 heteroatoms. The minimum Gasteiger partial charge on any atom is -0.444 e. The average Bonchev–Trinajstić information content (AvgIpc) is 2.70. The quantitative estimate of drug-likeness (QED) is 0.245. The van der Waals surface area contributed by atoms with Gasteiger partial charge in [0.25, 0.3) is 0 Å². The first-order chi connectivity index (χ1) is 15.0. The van der Waals surface area contributed by atoms with Crippen LogP contribution < -0.4 is 5.32 Å². The van der Waals surface area contributed by atoms with Gasteiger partial charge in [0.2, 0.25) is 0 Å². The maximum Gasteiger partial charge on any atom is 0.407 e. The summed E-state index contributed by atoms with van der Waals surface area (Å²) >= 11 is 0. The molecule has 0 aromatic carbocycles. The minimum atomic E-state index is -0.499. The molecule has 186 valence electrons. The number of amides is 1. The molecule has 1 amide bonds. The summed E-state index contributed by atoms with van der Waals surface area (Å²) in [7, 11) is 0. The third-order valence-corrected chi connectivity index (χ3v) is 3.35. The molecule has 0 radical (unpaired) electrons. The molecule has 0 saturated heterocycles. The van der Waals surface area contributed by atoms with Gasteiger partial charge in [0.15, 0.2) is 0 Å². The fourth-order valence-corrected chi connectivity index (χ4v) is 2.00. The number of carbonyl (C=O) groups is 1. The number of ether oxygens (including phenoxy) is 8. The standard InChI is InChI=1S/C21H43NO9/c1-5-24-8-9-26-12-13-28-16-17-30-19-18-29-15-14-27-11-10-25-7-6-22-20(23)31-21(2,3)4/h5-19H2,1-4H3,(H,22,23). The van der Waals surface area contributed by atoms with Crippen molar-refractivity contribution in [1.82, 2.24) is 5.32 Å². The molecule has 0 bridgehead atoms. The molecular formula is C21H43NO9. The average molecular weight is 454 g/mol. The van der Waals surface area contributed by atoms with Crippen LogP contribution in [0.3, 0.4) is 0 Å². The van der Waals surface area contributed by atoms with Gasteiger partial charge in [0, 0.05) is 13.2 Å². The summed E-state index contributed by atoms with van der Waals surface area (Å²) < 4.78 is 42.6. The van der Waals surface area contributed by atoms with Crippen molar-refractivity contribution in [3.05, 3.63) is 0 Å². The van der Waals surface area contributed by atoms with Gasteiger partial charge in [-0.1, -0.05) is 0 Å². The molecule has 0 fully saturated rings. The summed E-state index contributed by atoms with van der Waals surface area (Å²) in [5.41, 5.74) is -0.499. The lowest BCUT2D eigenvalue weighted by Gasteiger charge is -2.19. The zero-order valence-electron chi connectivity index (χ0n) is 19.8. The van der Waals surface area contributed by atoms with Crippen LogP contribution in [-0.4, -0.2) is 111 Å². The van der Waals surface area contributed by atoms with Crippen molar-refractivity contribution >= 4 is 6.09 Å². The summed E-state index contributed by atoms with van der Waals surface area (Å²) in [5, 5.41) is 2.62. The SMILES string of the molecule is CCOCCOCCOCCOCCOCCOCCOCCNC(=O)OC(C)(C)C. The van der Waals surface area contributed by atoms with Crippen molar-refractivity contribution in [2.75, 3.05) is 99.0 Å². The predicted octanol–water partition coefficient (Wildman–Crippen LogP) is 1.65. The molecule has 0 aliphatic carbocycles. The first-order valence-electron chi connectivity index (χ1n) is 11.0. The van der Waals surface area contributed by atoms with Crippen LogP contribution in [0.4, 0.5) is 4.79 Å². The second kappa shape index (κ2) is 22.2. The number of alkyl carbamates (subject to hydrolysis) is 1. The van der Waals surface area contributed by atoms with Crippen molar-refractivity contribution < 1.29 is 42.7 Å². The zero-order valence-corrected chi connectivity index (χ0v) is 19.8. The topological polar surface area (TPSA) is 103 Å². The summed E-state index contributed by atoms with van der Waals surface area (Å²) in [6.07, 6.45) is -0.445. The van der Waals surface area contributed by atoms with Crippen LogP contribution in [0, 0.1) is 0 Å². The normalized spacial score (nSPS) is 11.6. The summed E-state index contributed by atoms with van der Waals surface area (Å²) in [4.78, 5) is 11.4. The number of hydrogen-bond acceptors (Lipinski definition) is 9. The molecule has 0 rings (SSSR count). The highest BCUT2D eigenvalue weighted by atomic mass is 16.6. The molecule has 1 N–H and O–H groups in total. The molecule has 31 heavy (non-hydrogen) atoms. The Labute approximate surface area is 187 Å². The number of carbonyl (C=O) groups excluding carboxylic acids is 1. The van der Waals surface area contributed by atoms with E-state index in [4.69, 9.17) is 37.9 Å². The molecule has 10 nitrogen and oxygen atoms in total. The molecule has 0 unspecified atom stereocenters. The Morgan fingerprint density at radius 3 is 1.23 bits per heavy atom. The van der Waals surface area contributed by atoms with Gasteiger partial charge in [-0.15, -0.1) is 0 Å². The lowest BCUT2D eigenvalue weighted by Crippen LogP contribution is -2.34. The fourth-order valence-electron chi connectivity index (χ4n) is 2.00. The Morgan fingerprint density at radius 2 is 0.903 bits per heavy atom. The molecule has 0 atom stereocenters. The molecular weight excluding hydrogens is 410 g/mol. The zero-order chi connectivity index (χ0) is 23.0. The smallest absolute Gasteiger partial charge is 0.407 e. The van der Waals surface area contributed by atoms with Crippen molar-refractivity contribution in [3.8, 4) is 0 Å². The molecule has 0 heterocycles. The van der Waals surface area contributed by atoms with E-state index < -0.39 is 11.7 Å². The third-order valence-electron chi connectivity index (χ3n) is 3.35. The highest BCUT2D eigenvalue weighted by Gasteiger charge is 2.15. The fraction of sp³-hybridized carbons (Fsp3) is 0.952. The lowest BCUT2D eigenvalue weighted by molar-refractivity contribution is -0.0200. The van der Waals surface area contributed by atoms with E-state index in [2.05, 4.69) is 5.32 Å². The van der Waals surface area contributed by atoms with E-state index in [1.165, 1.54) is 0 Å². The Balaban J connectivity index is 3.10. The highest BCUT2D eigenvalue weighted by Crippen LogP contribution is 2.05. The van der Waals surface area contributed by atoms with E-state index in [1.54, 1.807) is 0 Å². The maximum absolute atomic E-state index is 11.4. The van der Waals surface area contributed by atoms with E-state index >= 15 is 0 Å². The van der Waals surface area contributed by atoms with Crippen molar-refractivity contribution in [3.63, 3.8) is 0 Å². The largest absolute Gasteiger partial charge is 0.444 e. The van der Waals surface area contributed by atoms with Crippen LogP contribution in [-0.2, 0) is 37.9 Å². The van der Waals surface area contributed by atoms with Crippen molar-refractivity contribution in [1.29, 1.82) is 0 Å². The molecule has 0 aliphatic heterocycles. The minimum absolute atomic E-state index is 0.394. The molecule has 0 aliphatic rings. The number of hydrogen-bond donors (Lipinski definition) is 1. The number of rotatable bonds is 22. The van der Waals surface area contributed by atoms with Gasteiger partial charge in [-0.05, 0) is 27.7 Å². The molecule has 0 saturated carbocycles. The van der Waals surface area contributed by atoms with Crippen molar-refractivity contribution in [2.24, 2.45) is 0 Å². The van der Waals surface area contributed by atoms with Gasteiger partial charge >= 0.3 is 6.09 Å². The Morgan fingerprint density at radius 1 is 0.581 bits per heavy atom. The van der Waals surface area contributed by atoms with E-state index in [-0.39, 0.29) is 0 Å². The van der Waals surface area contributed by atoms with Gasteiger partial charge < -0.3 is 43.2 Å². The van der Waals surface area contributed by atoms with Gasteiger partial charge in [-0.3, -0.25) is 0 Å². The number of nitrogens with one attached hydrogen (secondary N) is 1. The molecule has 0 aromatic heterocycles. The Bertz CT molecular complexity index is 392. The Kier molecular flexibility index (Phi) is 21.5. The first-order valence-corrected chi connectivity index (χ1v) is 11.0. The summed E-state index contributed by atoms with van der Waals surface area (Å²) in [5.74, 6) is 0.